The maximum absolute atomic E-state index is 4.27. The van der Waals surface area contributed by atoms with Crippen molar-refractivity contribution in [1.29, 1.82) is 0 Å². The van der Waals surface area contributed by atoms with E-state index in [1.807, 2.05) is 31.3 Å². The van der Waals surface area contributed by atoms with E-state index in [-0.39, 0.29) is 0 Å². The zero-order valence-electron chi connectivity index (χ0n) is 6.99. The standard InChI is InChI=1S/C11H10N/c1-2-9-5-3-7-11-10(9)6-4-8-12-11/h2-8H,1H3. The Bertz CT molecular complexity index is 388. The van der Waals surface area contributed by atoms with Crippen LogP contribution in [0.15, 0.2) is 36.5 Å². The fourth-order valence-corrected chi connectivity index (χ4v) is 1.38. The van der Waals surface area contributed by atoms with E-state index in [4.69, 9.17) is 0 Å². The van der Waals surface area contributed by atoms with Gasteiger partial charge in [-0.25, -0.2) is 0 Å². The van der Waals surface area contributed by atoms with Gasteiger partial charge >= 0.3 is 0 Å². The van der Waals surface area contributed by atoms with Crippen molar-refractivity contribution in [2.45, 2.75) is 6.92 Å². The van der Waals surface area contributed by atoms with Crippen molar-refractivity contribution in [3.05, 3.63) is 48.5 Å². The van der Waals surface area contributed by atoms with Crippen LogP contribution in [0.3, 0.4) is 0 Å². The highest BCUT2D eigenvalue weighted by Gasteiger charge is 1.96. The summed E-state index contributed by atoms with van der Waals surface area (Å²) in [5.41, 5.74) is 2.31. The lowest BCUT2D eigenvalue weighted by Crippen LogP contribution is -1.82. The number of pyridine rings is 1. The van der Waals surface area contributed by atoms with Crippen molar-refractivity contribution in [3.8, 4) is 0 Å². The second-order valence-electron chi connectivity index (χ2n) is 2.71. The van der Waals surface area contributed by atoms with Crippen molar-refractivity contribution in [1.82, 2.24) is 4.98 Å². The highest BCUT2D eigenvalue weighted by molar-refractivity contribution is 5.83. The molecule has 1 heteroatoms. The molecule has 0 amide bonds. The lowest BCUT2D eigenvalue weighted by atomic mass is 10.1. The maximum atomic E-state index is 4.27. The highest BCUT2D eigenvalue weighted by atomic mass is 14.6. The molecule has 0 aliphatic carbocycles. The van der Waals surface area contributed by atoms with Crippen molar-refractivity contribution in [2.24, 2.45) is 0 Å². The lowest BCUT2D eigenvalue weighted by molar-refractivity contribution is 1.38. The Kier molecular flexibility index (Phi) is 1.78. The first kappa shape index (κ1) is 7.29. The quantitative estimate of drug-likeness (QED) is 0.618. The van der Waals surface area contributed by atoms with E-state index in [1.54, 1.807) is 0 Å². The average Bonchev–Trinajstić information content (AvgIpc) is 2.17. The van der Waals surface area contributed by atoms with Crippen LogP contribution in [0.2, 0.25) is 0 Å². The molecule has 0 saturated heterocycles. The van der Waals surface area contributed by atoms with Gasteiger partial charge in [0.1, 0.15) is 0 Å². The molecule has 1 heterocycles. The van der Waals surface area contributed by atoms with E-state index in [0.29, 0.717) is 0 Å². The molecule has 2 aromatic rings. The van der Waals surface area contributed by atoms with E-state index in [1.165, 1.54) is 10.9 Å². The molecule has 1 nitrogen and oxygen atoms in total. The fraction of sp³-hybridized carbons (Fsp3) is 0.0909. The third-order valence-electron chi connectivity index (χ3n) is 1.99. The monoisotopic (exact) mass is 156 g/mol. The van der Waals surface area contributed by atoms with Gasteiger partial charge in [0.15, 0.2) is 0 Å². The van der Waals surface area contributed by atoms with Crippen LogP contribution < -0.4 is 0 Å². The van der Waals surface area contributed by atoms with Gasteiger partial charge in [-0.3, -0.25) is 4.98 Å². The van der Waals surface area contributed by atoms with E-state index in [9.17, 15) is 0 Å². The number of aromatic nitrogens is 1. The average molecular weight is 156 g/mol. The van der Waals surface area contributed by atoms with Crippen LogP contribution in [-0.4, -0.2) is 4.98 Å². The third kappa shape index (κ3) is 1.07. The second kappa shape index (κ2) is 2.94. The Morgan fingerprint density at radius 2 is 2.08 bits per heavy atom. The normalized spacial score (nSPS) is 10.4. The van der Waals surface area contributed by atoms with Gasteiger partial charge < -0.3 is 0 Å². The largest absolute Gasteiger partial charge is 0.256 e. The van der Waals surface area contributed by atoms with Gasteiger partial charge in [0.25, 0.3) is 0 Å². The molecular formula is C11H10N. The van der Waals surface area contributed by atoms with Gasteiger partial charge in [-0.05, 0) is 24.1 Å². The summed E-state index contributed by atoms with van der Waals surface area (Å²) in [5.74, 6) is 0. The zero-order valence-corrected chi connectivity index (χ0v) is 6.99. The Morgan fingerprint density at radius 1 is 1.17 bits per heavy atom. The molecule has 12 heavy (non-hydrogen) atoms. The number of hydrogen-bond donors (Lipinski definition) is 0. The predicted octanol–water partition coefficient (Wildman–Crippen LogP) is 2.81. The highest BCUT2D eigenvalue weighted by Crippen LogP contribution is 2.17. The second-order valence-corrected chi connectivity index (χ2v) is 2.71. The Balaban J connectivity index is 2.79. The molecule has 1 aromatic carbocycles. The van der Waals surface area contributed by atoms with E-state index < -0.39 is 0 Å². The summed E-state index contributed by atoms with van der Waals surface area (Å²) >= 11 is 0. The molecule has 2 rings (SSSR count). The fourth-order valence-electron chi connectivity index (χ4n) is 1.38. The summed E-state index contributed by atoms with van der Waals surface area (Å²) in [5, 5.41) is 1.22. The minimum absolute atomic E-state index is 1.06. The molecule has 0 unspecified atom stereocenters. The molecule has 59 valence electrons. The van der Waals surface area contributed by atoms with Crippen LogP contribution in [0.4, 0.5) is 0 Å². The van der Waals surface area contributed by atoms with Crippen LogP contribution in [0, 0.1) is 6.42 Å². The molecule has 0 bridgehead atoms. The van der Waals surface area contributed by atoms with E-state index in [0.717, 1.165) is 5.52 Å². The first-order valence-electron chi connectivity index (χ1n) is 4.05. The van der Waals surface area contributed by atoms with Crippen molar-refractivity contribution < 1.29 is 0 Å². The first-order valence-corrected chi connectivity index (χ1v) is 4.05. The number of nitrogens with zero attached hydrogens (tertiary/aromatic N) is 1. The number of benzene rings is 1. The third-order valence-corrected chi connectivity index (χ3v) is 1.99. The molecule has 0 atom stereocenters. The van der Waals surface area contributed by atoms with Gasteiger partial charge in [-0.1, -0.05) is 25.1 Å². The Labute approximate surface area is 72.1 Å². The van der Waals surface area contributed by atoms with Crippen LogP contribution >= 0.6 is 0 Å². The Morgan fingerprint density at radius 3 is 2.92 bits per heavy atom. The van der Waals surface area contributed by atoms with E-state index >= 15 is 0 Å². The summed E-state index contributed by atoms with van der Waals surface area (Å²) < 4.78 is 0. The summed E-state index contributed by atoms with van der Waals surface area (Å²) in [6.07, 6.45) is 3.92. The summed E-state index contributed by atoms with van der Waals surface area (Å²) in [7, 11) is 0. The maximum Gasteiger partial charge on any atom is 0.0704 e. The SMILES string of the molecule is C[CH]c1cccc2ncccc12. The molecule has 0 aliphatic rings. The molecule has 1 aromatic heterocycles. The molecule has 0 saturated carbocycles. The smallest absolute Gasteiger partial charge is 0.0704 e. The molecule has 0 aliphatic heterocycles. The van der Waals surface area contributed by atoms with Crippen LogP contribution in [-0.2, 0) is 0 Å². The lowest BCUT2D eigenvalue weighted by Gasteiger charge is -2.01. The van der Waals surface area contributed by atoms with Gasteiger partial charge in [-0.15, -0.1) is 0 Å². The first-order chi connectivity index (χ1) is 5.92. The van der Waals surface area contributed by atoms with Gasteiger partial charge in [0.2, 0.25) is 0 Å². The minimum Gasteiger partial charge on any atom is -0.256 e. The number of fused-ring (bicyclic) bond motifs is 1. The van der Waals surface area contributed by atoms with Gasteiger partial charge in [0, 0.05) is 11.6 Å². The van der Waals surface area contributed by atoms with Crippen LogP contribution in [0.5, 0.6) is 0 Å². The molecule has 0 N–H and O–H groups in total. The number of hydrogen-bond acceptors (Lipinski definition) is 1. The van der Waals surface area contributed by atoms with Crippen LogP contribution in [0.1, 0.15) is 12.5 Å². The molecule has 0 spiro atoms. The predicted molar refractivity (Wildman–Crippen MR) is 50.8 cm³/mol. The van der Waals surface area contributed by atoms with Gasteiger partial charge in [0.05, 0.1) is 5.52 Å². The summed E-state index contributed by atoms with van der Waals surface area (Å²) in [4.78, 5) is 4.27. The molecule has 0 fully saturated rings. The molecular weight excluding hydrogens is 146 g/mol. The van der Waals surface area contributed by atoms with Crippen molar-refractivity contribution in [3.63, 3.8) is 0 Å². The van der Waals surface area contributed by atoms with E-state index in [2.05, 4.69) is 23.5 Å². The topological polar surface area (TPSA) is 12.9 Å². The minimum atomic E-state index is 1.06. The van der Waals surface area contributed by atoms with Crippen molar-refractivity contribution in [2.75, 3.05) is 0 Å². The molecule has 1 radical (unpaired) electrons. The summed E-state index contributed by atoms with van der Waals surface area (Å²) in [6, 6.07) is 10.2. The summed E-state index contributed by atoms with van der Waals surface area (Å²) in [6.45, 7) is 2.04. The number of rotatable bonds is 1. The van der Waals surface area contributed by atoms with Crippen molar-refractivity contribution >= 4 is 10.9 Å². The van der Waals surface area contributed by atoms with Gasteiger partial charge in [-0.2, -0.15) is 0 Å². The van der Waals surface area contributed by atoms with Crippen LogP contribution in [0.25, 0.3) is 10.9 Å². The zero-order chi connectivity index (χ0) is 8.39. The Hall–Kier alpha value is -1.37.